The number of nitrogens with two attached hydrogens (primary N) is 1. The molecule has 1 rings (SSSR count). The van der Waals surface area contributed by atoms with Crippen molar-refractivity contribution in [3.8, 4) is 5.75 Å². The number of rotatable bonds is 2. The lowest BCUT2D eigenvalue weighted by molar-refractivity contribution is -0.131. The largest absolute Gasteiger partial charge is 0.426 e. The van der Waals surface area contributed by atoms with E-state index in [9.17, 15) is 9.59 Å². The van der Waals surface area contributed by atoms with Gasteiger partial charge in [-0.25, -0.2) is 4.79 Å². The zero-order valence-electron chi connectivity index (χ0n) is 7.52. The van der Waals surface area contributed by atoms with Crippen molar-refractivity contribution in [1.29, 1.82) is 0 Å². The molecule has 0 radical (unpaired) electrons. The van der Waals surface area contributed by atoms with Crippen LogP contribution in [-0.4, -0.2) is 11.9 Å². The first-order valence-electron chi connectivity index (χ1n) is 3.83. The minimum atomic E-state index is -0.748. The predicted molar refractivity (Wildman–Crippen MR) is 47.4 cm³/mol. The van der Waals surface area contributed by atoms with Crippen LogP contribution in [0.1, 0.15) is 17.3 Å². The molecule has 0 aromatic heterocycles. The first-order valence-corrected chi connectivity index (χ1v) is 3.83. The molecule has 1 aromatic rings. The van der Waals surface area contributed by atoms with Crippen molar-refractivity contribution in [2.45, 2.75) is 6.92 Å². The Morgan fingerprint density at radius 2 is 1.93 bits per heavy atom. The van der Waals surface area contributed by atoms with Crippen LogP contribution in [0.15, 0.2) is 24.3 Å². The quantitative estimate of drug-likeness (QED) is 0.425. The Bertz CT molecular complexity index is 362. The highest BCUT2D eigenvalue weighted by atomic mass is 16.7. The van der Waals surface area contributed by atoms with E-state index in [1.165, 1.54) is 19.1 Å². The summed E-state index contributed by atoms with van der Waals surface area (Å²) in [6, 6.07) is 6.17. The van der Waals surface area contributed by atoms with Gasteiger partial charge in [0, 0.05) is 6.92 Å². The highest BCUT2D eigenvalue weighted by molar-refractivity contribution is 5.93. The molecular weight excluding hydrogens is 186 g/mol. The van der Waals surface area contributed by atoms with Gasteiger partial charge in [0.05, 0.1) is 0 Å². The maximum absolute atomic E-state index is 11.1. The zero-order valence-corrected chi connectivity index (χ0v) is 7.52. The highest BCUT2D eigenvalue weighted by Crippen LogP contribution is 2.18. The molecule has 2 N–H and O–H groups in total. The number of carbonyl (C=O) groups is 2. The average molecular weight is 195 g/mol. The molecule has 74 valence electrons. The molecule has 14 heavy (non-hydrogen) atoms. The van der Waals surface area contributed by atoms with E-state index in [1.54, 1.807) is 12.1 Å². The van der Waals surface area contributed by atoms with E-state index in [4.69, 9.17) is 10.6 Å². The van der Waals surface area contributed by atoms with Crippen LogP contribution in [0.3, 0.4) is 0 Å². The predicted octanol–water partition coefficient (Wildman–Crippen LogP) is 0.642. The maximum Gasteiger partial charge on any atom is 0.360 e. The SMILES string of the molecule is CC(=O)Oc1ccccc1C(=O)ON. The molecule has 0 saturated heterocycles. The molecule has 0 saturated carbocycles. The minimum Gasteiger partial charge on any atom is -0.426 e. The van der Waals surface area contributed by atoms with Gasteiger partial charge in [0.2, 0.25) is 0 Å². The van der Waals surface area contributed by atoms with Crippen LogP contribution in [-0.2, 0) is 9.63 Å². The van der Waals surface area contributed by atoms with Crippen molar-refractivity contribution in [2.75, 3.05) is 0 Å². The van der Waals surface area contributed by atoms with Crippen LogP contribution < -0.4 is 10.6 Å². The molecule has 5 nitrogen and oxygen atoms in total. The molecule has 0 bridgehead atoms. The average Bonchev–Trinajstić information content (AvgIpc) is 2.16. The summed E-state index contributed by atoms with van der Waals surface area (Å²) in [6.45, 7) is 1.24. The number of ether oxygens (including phenoxy) is 1. The first-order chi connectivity index (χ1) is 6.65. The summed E-state index contributed by atoms with van der Waals surface area (Å²) in [5.41, 5.74) is 0.116. The Morgan fingerprint density at radius 1 is 1.29 bits per heavy atom. The topological polar surface area (TPSA) is 78.6 Å². The Morgan fingerprint density at radius 3 is 2.50 bits per heavy atom. The lowest BCUT2D eigenvalue weighted by Crippen LogP contribution is -2.13. The lowest BCUT2D eigenvalue weighted by Gasteiger charge is -2.05. The van der Waals surface area contributed by atoms with Gasteiger partial charge in [0.15, 0.2) is 0 Å². The van der Waals surface area contributed by atoms with E-state index in [-0.39, 0.29) is 11.3 Å². The second kappa shape index (κ2) is 4.38. The zero-order chi connectivity index (χ0) is 10.6. The Labute approximate surface area is 80.4 Å². The fraction of sp³-hybridized carbons (Fsp3) is 0.111. The molecular formula is C9H9NO4. The van der Waals surface area contributed by atoms with Crippen molar-refractivity contribution in [1.82, 2.24) is 0 Å². The van der Waals surface area contributed by atoms with Crippen LogP contribution in [0.4, 0.5) is 0 Å². The van der Waals surface area contributed by atoms with Gasteiger partial charge >= 0.3 is 11.9 Å². The number of esters is 1. The normalized spacial score (nSPS) is 9.29. The van der Waals surface area contributed by atoms with Crippen LogP contribution in [0.25, 0.3) is 0 Å². The number of benzene rings is 1. The third-order valence-corrected chi connectivity index (χ3v) is 1.47. The molecule has 0 atom stereocenters. The molecule has 0 amide bonds. The molecule has 0 aliphatic heterocycles. The van der Waals surface area contributed by atoms with Gasteiger partial charge in [-0.05, 0) is 12.1 Å². The summed E-state index contributed by atoms with van der Waals surface area (Å²) in [7, 11) is 0. The maximum atomic E-state index is 11.1. The third kappa shape index (κ3) is 2.30. The van der Waals surface area contributed by atoms with Gasteiger partial charge in [-0.15, -0.1) is 0 Å². The van der Waals surface area contributed by atoms with E-state index in [1.807, 2.05) is 0 Å². The fourth-order valence-electron chi connectivity index (χ4n) is 0.943. The summed E-state index contributed by atoms with van der Waals surface area (Å²) in [5, 5.41) is 0. The molecule has 5 heteroatoms. The second-order valence-electron chi connectivity index (χ2n) is 2.50. The lowest BCUT2D eigenvalue weighted by atomic mass is 10.2. The van der Waals surface area contributed by atoms with E-state index >= 15 is 0 Å². The fourth-order valence-corrected chi connectivity index (χ4v) is 0.943. The summed E-state index contributed by atoms with van der Waals surface area (Å²) in [5.74, 6) is 3.59. The standard InChI is InChI=1S/C9H9NO4/c1-6(11)13-8-5-3-2-4-7(8)9(12)14-10/h2-5H,10H2,1H3. The Hall–Kier alpha value is -1.88. The number of para-hydroxylation sites is 1. The van der Waals surface area contributed by atoms with E-state index in [0.717, 1.165) is 0 Å². The molecule has 1 aromatic carbocycles. The van der Waals surface area contributed by atoms with Gasteiger partial charge in [0.25, 0.3) is 0 Å². The number of carbonyl (C=O) groups excluding carboxylic acids is 2. The van der Waals surface area contributed by atoms with Crippen molar-refractivity contribution in [2.24, 2.45) is 5.90 Å². The smallest absolute Gasteiger partial charge is 0.360 e. The van der Waals surface area contributed by atoms with Crippen molar-refractivity contribution < 1.29 is 19.2 Å². The second-order valence-corrected chi connectivity index (χ2v) is 2.50. The van der Waals surface area contributed by atoms with Crippen molar-refractivity contribution >= 4 is 11.9 Å². The number of hydrogen-bond acceptors (Lipinski definition) is 5. The van der Waals surface area contributed by atoms with E-state index in [2.05, 4.69) is 4.84 Å². The van der Waals surface area contributed by atoms with Gasteiger partial charge in [-0.1, -0.05) is 12.1 Å². The van der Waals surface area contributed by atoms with Crippen LogP contribution in [0.2, 0.25) is 0 Å². The Balaban J connectivity index is 3.02. The summed E-state index contributed by atoms with van der Waals surface area (Å²) < 4.78 is 4.77. The van der Waals surface area contributed by atoms with Gasteiger partial charge in [-0.2, -0.15) is 5.90 Å². The van der Waals surface area contributed by atoms with E-state index in [0.29, 0.717) is 0 Å². The summed E-state index contributed by atoms with van der Waals surface area (Å²) >= 11 is 0. The van der Waals surface area contributed by atoms with Gasteiger partial charge < -0.3 is 9.57 Å². The van der Waals surface area contributed by atoms with Crippen LogP contribution in [0, 0.1) is 0 Å². The monoisotopic (exact) mass is 195 g/mol. The van der Waals surface area contributed by atoms with Gasteiger partial charge in [-0.3, -0.25) is 4.79 Å². The molecule has 0 aliphatic carbocycles. The van der Waals surface area contributed by atoms with Gasteiger partial charge in [0.1, 0.15) is 11.3 Å². The van der Waals surface area contributed by atoms with Crippen molar-refractivity contribution in [3.05, 3.63) is 29.8 Å². The first kappa shape index (κ1) is 10.2. The summed E-state index contributed by atoms with van der Waals surface area (Å²) in [6.07, 6.45) is 0. The summed E-state index contributed by atoms with van der Waals surface area (Å²) in [4.78, 5) is 25.8. The molecule has 0 unspecified atom stereocenters. The minimum absolute atomic E-state index is 0.116. The van der Waals surface area contributed by atoms with Crippen LogP contribution in [0.5, 0.6) is 5.75 Å². The van der Waals surface area contributed by atoms with Crippen LogP contribution >= 0.6 is 0 Å². The number of hydrogen-bond donors (Lipinski definition) is 1. The van der Waals surface area contributed by atoms with Crippen molar-refractivity contribution in [3.63, 3.8) is 0 Å². The molecule has 0 fully saturated rings. The Kier molecular flexibility index (Phi) is 3.19. The molecule has 0 heterocycles. The molecule has 0 spiro atoms. The third-order valence-electron chi connectivity index (χ3n) is 1.47. The molecule has 0 aliphatic rings. The highest BCUT2D eigenvalue weighted by Gasteiger charge is 2.13. The van der Waals surface area contributed by atoms with E-state index < -0.39 is 11.9 Å².